The van der Waals surface area contributed by atoms with E-state index in [4.69, 9.17) is 35.4 Å². The molecular weight excluding hydrogens is 327 g/mol. The number of aryl methyl sites for hydroxylation is 1. The van der Waals surface area contributed by atoms with E-state index in [2.05, 4.69) is 4.98 Å². The molecule has 2 rings (SSSR count). The second kappa shape index (κ2) is 5.44. The first-order valence-electron chi connectivity index (χ1n) is 5.62. The molecule has 0 aliphatic carbocycles. The molecule has 104 valence electrons. The molecule has 0 radical (unpaired) electrons. The van der Waals surface area contributed by atoms with E-state index in [1.807, 2.05) is 0 Å². The van der Waals surface area contributed by atoms with Crippen molar-refractivity contribution in [1.82, 2.24) is 9.55 Å². The lowest BCUT2D eigenvalue weighted by Gasteiger charge is -2.05. The number of nitrogens with one attached hydrogen (secondary N) is 1. The van der Waals surface area contributed by atoms with E-state index in [1.165, 1.54) is 0 Å². The molecule has 1 aromatic carbocycles. The monoisotopic (exact) mass is 338 g/mol. The Bertz CT molecular complexity index is 778. The normalized spacial score (nSPS) is 12.2. The van der Waals surface area contributed by atoms with Crippen molar-refractivity contribution in [1.29, 1.82) is 0 Å². The number of aromatic nitrogens is 2. The molecular formula is C11H12Cl2N2O2S2. The van der Waals surface area contributed by atoms with E-state index in [0.717, 1.165) is 11.0 Å². The summed E-state index contributed by atoms with van der Waals surface area (Å²) in [5.41, 5.74) is 1.50. The predicted molar refractivity (Wildman–Crippen MR) is 81.5 cm³/mol. The number of hydrogen-bond donors (Lipinski definition) is 1. The maximum Gasteiger partial charge on any atom is 0.178 e. The van der Waals surface area contributed by atoms with Gasteiger partial charge in [0, 0.05) is 12.3 Å². The maximum absolute atomic E-state index is 11.6. The van der Waals surface area contributed by atoms with Gasteiger partial charge in [0.1, 0.15) is 0 Å². The largest absolute Gasteiger partial charge is 0.331 e. The molecule has 0 amide bonds. The third kappa shape index (κ3) is 3.13. The number of nitrogens with zero attached hydrogens (tertiary/aromatic N) is 1. The summed E-state index contributed by atoms with van der Waals surface area (Å²) in [6, 6.07) is 3.37. The van der Waals surface area contributed by atoms with E-state index in [1.54, 1.807) is 23.6 Å². The summed E-state index contributed by atoms with van der Waals surface area (Å²) in [6.45, 7) is 1.92. The minimum atomic E-state index is -3.04. The Hall–Kier alpha value is -0.560. The van der Waals surface area contributed by atoms with Gasteiger partial charge in [0.15, 0.2) is 14.6 Å². The van der Waals surface area contributed by atoms with Crippen molar-refractivity contribution >= 4 is 56.3 Å². The number of benzene rings is 1. The van der Waals surface area contributed by atoms with E-state index >= 15 is 0 Å². The number of H-pyrrole nitrogens is 1. The SMILES string of the molecule is CCS(=O)(=O)CCn1c(=S)[nH]c2cc(Cl)c(Cl)cc21. The number of sulfone groups is 1. The molecule has 0 aliphatic heterocycles. The summed E-state index contributed by atoms with van der Waals surface area (Å²) in [7, 11) is -3.04. The molecule has 0 atom stereocenters. The van der Waals surface area contributed by atoms with Crippen LogP contribution >= 0.6 is 35.4 Å². The van der Waals surface area contributed by atoms with Crippen LogP contribution in [0.2, 0.25) is 10.0 Å². The van der Waals surface area contributed by atoms with Crippen LogP contribution in [0.1, 0.15) is 6.92 Å². The molecule has 0 saturated heterocycles. The predicted octanol–water partition coefficient (Wildman–Crippen LogP) is 3.44. The smallest absolute Gasteiger partial charge is 0.178 e. The van der Waals surface area contributed by atoms with Gasteiger partial charge in [-0.3, -0.25) is 0 Å². The van der Waals surface area contributed by atoms with Gasteiger partial charge in [-0.15, -0.1) is 0 Å². The fourth-order valence-electron chi connectivity index (χ4n) is 1.75. The Morgan fingerprint density at radius 1 is 1.32 bits per heavy atom. The van der Waals surface area contributed by atoms with Crippen molar-refractivity contribution in [3.8, 4) is 0 Å². The standard InChI is InChI=1S/C11H12Cl2N2O2S2/c1-2-19(16,17)4-3-15-10-6-8(13)7(12)5-9(10)14-11(15)18/h5-6H,2-4H2,1H3,(H,14,18). The number of fused-ring (bicyclic) bond motifs is 1. The average molecular weight is 339 g/mol. The van der Waals surface area contributed by atoms with Crippen molar-refractivity contribution < 1.29 is 8.42 Å². The zero-order valence-corrected chi connectivity index (χ0v) is 13.3. The highest BCUT2D eigenvalue weighted by Gasteiger charge is 2.12. The highest BCUT2D eigenvalue weighted by molar-refractivity contribution is 7.91. The lowest BCUT2D eigenvalue weighted by Crippen LogP contribution is -2.14. The molecule has 0 unspecified atom stereocenters. The van der Waals surface area contributed by atoms with Gasteiger partial charge in [0.25, 0.3) is 0 Å². The van der Waals surface area contributed by atoms with Crippen LogP contribution in [0.3, 0.4) is 0 Å². The third-order valence-electron chi connectivity index (χ3n) is 2.88. The van der Waals surface area contributed by atoms with E-state index in [0.29, 0.717) is 21.4 Å². The first kappa shape index (κ1) is 14.8. The van der Waals surface area contributed by atoms with Gasteiger partial charge in [-0.2, -0.15) is 0 Å². The summed E-state index contributed by atoms with van der Waals surface area (Å²) in [5, 5.41) is 0.842. The minimum absolute atomic E-state index is 0.0466. The van der Waals surface area contributed by atoms with Crippen LogP contribution in [0.4, 0.5) is 0 Å². The lowest BCUT2D eigenvalue weighted by molar-refractivity contribution is 0.590. The van der Waals surface area contributed by atoms with E-state index in [-0.39, 0.29) is 11.5 Å². The van der Waals surface area contributed by atoms with Crippen molar-refractivity contribution in [3.05, 3.63) is 26.9 Å². The maximum atomic E-state index is 11.6. The summed E-state index contributed by atoms with van der Waals surface area (Å²) >= 11 is 17.1. The van der Waals surface area contributed by atoms with Crippen molar-refractivity contribution in [3.63, 3.8) is 0 Å². The molecule has 0 fully saturated rings. The second-order valence-electron chi connectivity index (χ2n) is 4.10. The van der Waals surface area contributed by atoms with E-state index < -0.39 is 9.84 Å². The van der Waals surface area contributed by atoms with E-state index in [9.17, 15) is 8.42 Å². The van der Waals surface area contributed by atoms with Gasteiger partial charge in [0.2, 0.25) is 0 Å². The number of hydrogen-bond acceptors (Lipinski definition) is 3. The van der Waals surface area contributed by atoms with Gasteiger partial charge < -0.3 is 9.55 Å². The summed E-state index contributed by atoms with van der Waals surface area (Å²) in [5.74, 6) is 0.167. The number of aromatic amines is 1. The summed E-state index contributed by atoms with van der Waals surface area (Å²) < 4.78 is 25.3. The molecule has 1 aromatic heterocycles. The number of imidazole rings is 1. The average Bonchev–Trinajstić information content (AvgIpc) is 2.63. The number of rotatable bonds is 4. The Morgan fingerprint density at radius 2 is 1.95 bits per heavy atom. The van der Waals surface area contributed by atoms with Crippen LogP contribution in [0, 0.1) is 4.77 Å². The topological polar surface area (TPSA) is 54.9 Å². The Balaban J connectivity index is 2.46. The molecule has 19 heavy (non-hydrogen) atoms. The molecule has 8 heteroatoms. The van der Waals surface area contributed by atoms with Crippen LogP contribution in [0.15, 0.2) is 12.1 Å². The van der Waals surface area contributed by atoms with Crippen molar-refractivity contribution in [2.45, 2.75) is 13.5 Å². The van der Waals surface area contributed by atoms with Crippen LogP contribution in [0.5, 0.6) is 0 Å². The van der Waals surface area contributed by atoms with Crippen LogP contribution in [0.25, 0.3) is 11.0 Å². The molecule has 4 nitrogen and oxygen atoms in total. The van der Waals surface area contributed by atoms with Gasteiger partial charge in [-0.05, 0) is 24.4 Å². The fraction of sp³-hybridized carbons (Fsp3) is 0.364. The van der Waals surface area contributed by atoms with Crippen LogP contribution in [-0.4, -0.2) is 29.5 Å². The molecule has 1 N–H and O–H groups in total. The highest BCUT2D eigenvalue weighted by atomic mass is 35.5. The van der Waals surface area contributed by atoms with Gasteiger partial charge in [-0.1, -0.05) is 30.1 Å². The second-order valence-corrected chi connectivity index (χ2v) is 7.78. The first-order valence-corrected chi connectivity index (χ1v) is 8.60. The highest BCUT2D eigenvalue weighted by Crippen LogP contribution is 2.27. The van der Waals surface area contributed by atoms with Crippen molar-refractivity contribution in [2.24, 2.45) is 0 Å². The fourth-order valence-corrected chi connectivity index (χ4v) is 3.12. The molecule has 0 aliphatic rings. The number of halogens is 2. The summed E-state index contributed by atoms with van der Waals surface area (Å²) in [6.07, 6.45) is 0. The van der Waals surface area contributed by atoms with Gasteiger partial charge >= 0.3 is 0 Å². The third-order valence-corrected chi connectivity index (χ3v) is 5.61. The molecule has 0 bridgehead atoms. The van der Waals surface area contributed by atoms with Crippen molar-refractivity contribution in [2.75, 3.05) is 11.5 Å². The Morgan fingerprint density at radius 3 is 2.58 bits per heavy atom. The minimum Gasteiger partial charge on any atom is -0.331 e. The van der Waals surface area contributed by atoms with Crippen LogP contribution in [-0.2, 0) is 16.4 Å². The summed E-state index contributed by atoms with van der Waals surface area (Å²) in [4.78, 5) is 2.99. The molecule has 1 heterocycles. The Kier molecular flexibility index (Phi) is 4.25. The molecule has 0 spiro atoms. The lowest BCUT2D eigenvalue weighted by atomic mass is 10.3. The zero-order chi connectivity index (χ0) is 14.2. The molecule has 2 aromatic rings. The zero-order valence-electron chi connectivity index (χ0n) is 10.1. The first-order chi connectivity index (χ1) is 8.84. The molecule has 0 saturated carbocycles. The quantitative estimate of drug-likeness (QED) is 0.868. The van der Waals surface area contributed by atoms with Gasteiger partial charge in [-0.25, -0.2) is 8.42 Å². The Labute approximate surface area is 126 Å². The van der Waals surface area contributed by atoms with Gasteiger partial charge in [0.05, 0.1) is 26.8 Å². The van der Waals surface area contributed by atoms with Crippen LogP contribution < -0.4 is 0 Å².